The zero-order valence-corrected chi connectivity index (χ0v) is 15.9. The third kappa shape index (κ3) is 2.34. The van der Waals surface area contributed by atoms with Crippen molar-refractivity contribution in [2.24, 2.45) is 9.98 Å². The van der Waals surface area contributed by atoms with Gasteiger partial charge < -0.3 is 0 Å². The third-order valence-corrected chi connectivity index (χ3v) is 6.23. The lowest BCUT2D eigenvalue weighted by molar-refractivity contribution is 0.771. The van der Waals surface area contributed by atoms with Gasteiger partial charge in [-0.05, 0) is 70.2 Å². The van der Waals surface area contributed by atoms with Crippen LogP contribution in [0, 0.1) is 10.4 Å². The number of hydrogen-bond acceptors (Lipinski definition) is 2. The maximum absolute atomic E-state index is 4.87. The first kappa shape index (κ1) is 16.0. The second-order valence-electron chi connectivity index (χ2n) is 7.93. The minimum atomic E-state index is 0.944. The van der Waals surface area contributed by atoms with Gasteiger partial charge in [0.05, 0.1) is 10.7 Å². The molecule has 0 aliphatic carbocycles. The van der Waals surface area contributed by atoms with E-state index in [1.54, 1.807) is 0 Å². The largest absolute Gasteiger partial charge is 0.284 e. The van der Waals surface area contributed by atoms with Crippen LogP contribution in [0.25, 0.3) is 21.5 Å². The molecule has 2 heteroatoms. The average Bonchev–Trinajstić information content (AvgIpc) is 2.78. The minimum absolute atomic E-state index is 0.944. The summed E-state index contributed by atoms with van der Waals surface area (Å²) in [6.07, 6.45) is 4.53. The van der Waals surface area contributed by atoms with Crippen molar-refractivity contribution in [2.45, 2.75) is 25.7 Å². The van der Waals surface area contributed by atoms with Gasteiger partial charge in [0.15, 0.2) is 0 Å². The van der Waals surface area contributed by atoms with Gasteiger partial charge in [0.2, 0.25) is 0 Å². The van der Waals surface area contributed by atoms with Crippen LogP contribution in [-0.2, 0) is 12.8 Å². The zero-order chi connectivity index (χ0) is 18.5. The van der Waals surface area contributed by atoms with E-state index in [0.29, 0.717) is 0 Å². The predicted octanol–water partition coefficient (Wildman–Crippen LogP) is 4.41. The molecule has 0 amide bonds. The molecular weight excluding hydrogens is 340 g/mol. The number of nitrogens with zero attached hydrogens (tertiary/aromatic N) is 2. The Balaban J connectivity index is 1.94. The standard InChI is InChI=1S/C26H22N2/c1-3-11-21-19(9-1)23(15-17-7-5-13-27-25(17)21)24-16-18-8-6-14-28-26(18)22-12-4-2-10-20(22)24/h1-4,9-12,15-16H,5-8,13-14H2/b24-23-. The molecule has 6 rings (SSSR count). The Bertz CT molecular complexity index is 1350. The Morgan fingerprint density at radius 3 is 1.43 bits per heavy atom. The molecule has 0 fully saturated rings. The van der Waals surface area contributed by atoms with Crippen LogP contribution in [0.3, 0.4) is 0 Å². The fourth-order valence-electron chi connectivity index (χ4n) is 4.96. The first-order valence-corrected chi connectivity index (χ1v) is 10.3. The molecule has 2 heterocycles. The molecule has 0 unspecified atom stereocenters. The molecule has 0 spiro atoms. The monoisotopic (exact) mass is 362 g/mol. The summed E-state index contributed by atoms with van der Waals surface area (Å²) in [5.41, 5.74) is 2.79. The molecule has 0 aromatic heterocycles. The van der Waals surface area contributed by atoms with Crippen molar-refractivity contribution in [2.75, 3.05) is 13.1 Å². The number of aryl methyl sites for hydroxylation is 2. The van der Waals surface area contributed by atoms with E-state index in [9.17, 15) is 0 Å². The molecule has 0 N–H and O–H groups in total. The topological polar surface area (TPSA) is 24.7 Å². The molecule has 0 radical (unpaired) electrons. The van der Waals surface area contributed by atoms with Crippen LogP contribution in [-0.4, -0.2) is 13.1 Å². The van der Waals surface area contributed by atoms with Gasteiger partial charge in [-0.2, -0.15) is 0 Å². The quantitative estimate of drug-likeness (QED) is 0.443. The first-order chi connectivity index (χ1) is 13.9. The smallest absolute Gasteiger partial charge is 0.0685 e. The van der Waals surface area contributed by atoms with Crippen LogP contribution in [0.1, 0.15) is 24.0 Å². The lowest BCUT2D eigenvalue weighted by Crippen LogP contribution is -2.18. The summed E-state index contributed by atoms with van der Waals surface area (Å²) in [4.78, 5) is 9.75. The van der Waals surface area contributed by atoms with E-state index in [0.717, 1.165) is 38.8 Å². The third-order valence-electron chi connectivity index (χ3n) is 6.23. The lowest BCUT2D eigenvalue weighted by Gasteiger charge is -2.14. The van der Waals surface area contributed by atoms with Crippen LogP contribution in [0.2, 0.25) is 0 Å². The van der Waals surface area contributed by atoms with E-state index < -0.39 is 0 Å². The first-order valence-electron chi connectivity index (χ1n) is 10.3. The minimum Gasteiger partial charge on any atom is -0.284 e. The Morgan fingerprint density at radius 1 is 0.536 bits per heavy atom. The highest BCUT2D eigenvalue weighted by Gasteiger charge is 2.12. The molecule has 4 aromatic rings. The fourth-order valence-corrected chi connectivity index (χ4v) is 4.96. The maximum atomic E-state index is 4.87. The molecule has 0 atom stereocenters. The molecule has 136 valence electrons. The molecule has 2 nitrogen and oxygen atoms in total. The van der Waals surface area contributed by atoms with E-state index in [-0.39, 0.29) is 0 Å². The number of benzene rings is 4. The van der Waals surface area contributed by atoms with Gasteiger partial charge in [0.1, 0.15) is 0 Å². The maximum Gasteiger partial charge on any atom is 0.0685 e. The van der Waals surface area contributed by atoms with Gasteiger partial charge in [-0.1, -0.05) is 48.5 Å². The molecule has 0 saturated heterocycles. The number of rotatable bonds is 0. The van der Waals surface area contributed by atoms with E-state index in [4.69, 9.17) is 9.98 Å². The highest BCUT2D eigenvalue weighted by atomic mass is 14.7. The summed E-state index contributed by atoms with van der Waals surface area (Å²) in [6.45, 7) is 1.89. The highest BCUT2D eigenvalue weighted by Crippen LogP contribution is 2.22. The van der Waals surface area contributed by atoms with E-state index in [2.05, 4.69) is 60.7 Å². The van der Waals surface area contributed by atoms with Gasteiger partial charge in [-0.15, -0.1) is 0 Å². The summed E-state index contributed by atoms with van der Waals surface area (Å²) in [6, 6.07) is 22.4. The summed E-state index contributed by atoms with van der Waals surface area (Å²) in [7, 11) is 0. The predicted molar refractivity (Wildman–Crippen MR) is 114 cm³/mol. The Labute approximate surface area is 163 Å². The summed E-state index contributed by atoms with van der Waals surface area (Å²) in [5, 5.41) is 10.3. The molecule has 28 heavy (non-hydrogen) atoms. The Kier molecular flexibility index (Phi) is 3.58. The van der Waals surface area contributed by atoms with Gasteiger partial charge in [-0.3, -0.25) is 9.98 Å². The summed E-state index contributed by atoms with van der Waals surface area (Å²) >= 11 is 0. The molecule has 0 saturated carbocycles. The normalized spacial score (nSPS) is 16.9. The van der Waals surface area contributed by atoms with Gasteiger partial charge in [0, 0.05) is 23.9 Å². The Hall–Kier alpha value is -3.00. The number of fused-ring (bicyclic) bond motifs is 6. The van der Waals surface area contributed by atoms with Crippen molar-refractivity contribution in [3.63, 3.8) is 0 Å². The van der Waals surface area contributed by atoms with Crippen LogP contribution in [0.15, 0.2) is 70.6 Å². The van der Waals surface area contributed by atoms with Crippen LogP contribution in [0.4, 0.5) is 0 Å². The van der Waals surface area contributed by atoms with Gasteiger partial charge in [0.25, 0.3) is 0 Å². The van der Waals surface area contributed by atoms with E-state index in [1.807, 2.05) is 0 Å². The molecule has 2 aliphatic heterocycles. The second-order valence-corrected chi connectivity index (χ2v) is 7.93. The Morgan fingerprint density at radius 2 is 0.964 bits per heavy atom. The highest BCUT2D eigenvalue weighted by molar-refractivity contribution is 5.88. The zero-order valence-electron chi connectivity index (χ0n) is 15.9. The average molecular weight is 362 g/mol. The van der Waals surface area contributed by atoms with Crippen LogP contribution in [0.5, 0.6) is 0 Å². The molecule has 0 bridgehead atoms. The molecular formula is C26H22N2. The van der Waals surface area contributed by atoms with Gasteiger partial charge >= 0.3 is 0 Å². The van der Waals surface area contributed by atoms with Gasteiger partial charge in [-0.25, -0.2) is 0 Å². The van der Waals surface area contributed by atoms with Crippen molar-refractivity contribution < 1.29 is 0 Å². The second kappa shape index (κ2) is 6.27. The van der Waals surface area contributed by atoms with Crippen molar-refractivity contribution in [1.29, 1.82) is 0 Å². The van der Waals surface area contributed by atoms with Crippen molar-refractivity contribution >= 4 is 21.5 Å². The van der Waals surface area contributed by atoms with Crippen LogP contribution >= 0.6 is 0 Å². The molecule has 4 aromatic carbocycles. The lowest BCUT2D eigenvalue weighted by atomic mass is 9.94. The van der Waals surface area contributed by atoms with Crippen LogP contribution < -0.4 is 10.7 Å². The van der Waals surface area contributed by atoms with E-state index in [1.165, 1.54) is 53.8 Å². The van der Waals surface area contributed by atoms with Crippen molar-refractivity contribution in [1.82, 2.24) is 0 Å². The van der Waals surface area contributed by atoms with Crippen molar-refractivity contribution in [3.8, 4) is 0 Å². The summed E-state index contributed by atoms with van der Waals surface area (Å²) in [5.74, 6) is 0. The SMILES string of the molecule is c1ccc2/c(=c3/cc4c(c5ccccc35)=NCCC4)cc3c(c2c1)=NCCC3. The summed E-state index contributed by atoms with van der Waals surface area (Å²) < 4.78 is 0. The fraction of sp³-hybridized carbons (Fsp3) is 0.231. The molecule has 2 aliphatic rings. The van der Waals surface area contributed by atoms with Crippen molar-refractivity contribution in [3.05, 3.63) is 92.9 Å². The van der Waals surface area contributed by atoms with E-state index >= 15 is 0 Å². The number of hydrogen-bond donors (Lipinski definition) is 0.